The van der Waals surface area contributed by atoms with Crippen molar-refractivity contribution < 1.29 is 54.7 Å². The fraction of sp³-hybridized carbons (Fsp3) is 0.733. The summed E-state index contributed by atoms with van der Waals surface area (Å²) in [7, 11) is -4.84. The van der Waals surface area contributed by atoms with Gasteiger partial charge in [-0.05, 0) is 25.7 Å². The van der Waals surface area contributed by atoms with Gasteiger partial charge >= 0.3 is 28.6 Å². The SMILES string of the molecule is N[C@@H]1CCC[C@H]1C(=O)NNC(=O)[C@@H]1CC[C@@H]2CN1C(=O)N2OS(=O)(=O)O.O=C(O)C(F)(F)F. The number of hydrogen-bond donors (Lipinski definition) is 5. The fourth-order valence-electron chi connectivity index (χ4n) is 3.72. The van der Waals surface area contributed by atoms with Crippen LogP contribution in [0.1, 0.15) is 32.1 Å². The molecule has 188 valence electrons. The van der Waals surface area contributed by atoms with Crippen LogP contribution in [0.15, 0.2) is 0 Å². The zero-order valence-electron chi connectivity index (χ0n) is 16.8. The molecule has 1 saturated carbocycles. The summed E-state index contributed by atoms with van der Waals surface area (Å²) in [6.45, 7) is 0.0773. The van der Waals surface area contributed by atoms with Crippen LogP contribution in [0.4, 0.5) is 18.0 Å². The molecule has 0 radical (unpaired) electrons. The quantitative estimate of drug-likeness (QED) is 0.230. The standard InChI is InChI=1S/C13H21N5O7S.C2HF3O2/c14-9-3-1-2-8(9)11(19)15-16-12(20)10-5-4-7-6-17(10)13(21)18(7)25-26(22,23)24;3-2(4,5)1(6)7/h7-10H,1-6,14H2,(H,15,19)(H,16,20)(H,22,23,24);(H,6,7)/t7-,8-,9-,10+;/m1./s1. The Morgan fingerprint density at radius 3 is 2.15 bits per heavy atom. The van der Waals surface area contributed by atoms with Gasteiger partial charge in [0.1, 0.15) is 6.04 Å². The van der Waals surface area contributed by atoms with E-state index in [4.69, 9.17) is 20.2 Å². The fourth-order valence-corrected chi connectivity index (χ4v) is 4.11. The van der Waals surface area contributed by atoms with Crippen LogP contribution in [0.3, 0.4) is 0 Å². The van der Waals surface area contributed by atoms with Crippen molar-refractivity contribution in [2.75, 3.05) is 6.54 Å². The van der Waals surface area contributed by atoms with Crippen molar-refractivity contribution in [2.45, 2.75) is 56.4 Å². The number of halogens is 3. The Balaban J connectivity index is 0.000000479. The number of carbonyl (C=O) groups is 4. The van der Waals surface area contributed by atoms with E-state index in [2.05, 4.69) is 15.1 Å². The second-order valence-electron chi connectivity index (χ2n) is 7.49. The third kappa shape index (κ3) is 6.89. The Hall–Kier alpha value is -2.70. The number of urea groups is 1. The molecule has 14 nitrogen and oxygen atoms in total. The van der Waals surface area contributed by atoms with E-state index in [1.165, 1.54) is 0 Å². The van der Waals surface area contributed by atoms with Crippen LogP contribution in [0, 0.1) is 5.92 Å². The lowest BCUT2D eigenvalue weighted by Gasteiger charge is -2.29. The number of amides is 4. The lowest BCUT2D eigenvalue weighted by Crippen LogP contribution is -2.55. The van der Waals surface area contributed by atoms with Crippen LogP contribution in [-0.2, 0) is 29.1 Å². The Morgan fingerprint density at radius 2 is 1.67 bits per heavy atom. The van der Waals surface area contributed by atoms with Crippen molar-refractivity contribution in [3.63, 3.8) is 0 Å². The first-order chi connectivity index (χ1) is 15.1. The molecular weight excluding hydrogens is 483 g/mol. The Kier molecular flexibility index (Phi) is 8.09. The number of fused-ring (bicyclic) bond motifs is 2. The number of carboxylic acid groups (broad SMARTS) is 1. The highest BCUT2D eigenvalue weighted by atomic mass is 32.3. The number of hydroxylamine groups is 2. The first-order valence-electron chi connectivity index (χ1n) is 9.54. The second kappa shape index (κ2) is 10.1. The average Bonchev–Trinajstić information content (AvgIpc) is 3.22. The molecule has 18 heteroatoms. The number of nitrogens with zero attached hydrogens (tertiary/aromatic N) is 2. The summed E-state index contributed by atoms with van der Waals surface area (Å²) in [5.74, 6) is -4.09. The molecule has 3 aliphatic rings. The average molecular weight is 505 g/mol. The first kappa shape index (κ1) is 26.6. The van der Waals surface area contributed by atoms with E-state index < -0.39 is 46.6 Å². The van der Waals surface area contributed by atoms with E-state index in [1.54, 1.807) is 0 Å². The predicted octanol–water partition coefficient (Wildman–Crippen LogP) is -1.10. The highest BCUT2D eigenvalue weighted by Crippen LogP contribution is 2.30. The zero-order chi connectivity index (χ0) is 25.1. The number of carbonyl (C=O) groups excluding carboxylic acids is 3. The number of hydrazine groups is 1. The lowest BCUT2D eigenvalue weighted by atomic mass is 10.0. The molecule has 2 saturated heterocycles. The van der Waals surface area contributed by atoms with Gasteiger partial charge in [-0.15, -0.1) is 4.28 Å². The summed E-state index contributed by atoms with van der Waals surface area (Å²) < 4.78 is 66.5. The third-order valence-corrected chi connectivity index (χ3v) is 5.61. The first-order valence-corrected chi connectivity index (χ1v) is 10.9. The molecule has 3 fully saturated rings. The molecule has 3 rings (SSSR count). The molecule has 33 heavy (non-hydrogen) atoms. The number of nitrogens with one attached hydrogen (secondary N) is 2. The number of aliphatic carboxylic acids is 1. The zero-order valence-corrected chi connectivity index (χ0v) is 17.6. The van der Waals surface area contributed by atoms with E-state index in [9.17, 15) is 36.0 Å². The van der Waals surface area contributed by atoms with Gasteiger partial charge in [-0.3, -0.25) is 25.0 Å². The van der Waals surface area contributed by atoms with Crippen molar-refractivity contribution in [3.05, 3.63) is 0 Å². The number of piperidine rings is 1. The van der Waals surface area contributed by atoms with Gasteiger partial charge in [0.25, 0.3) is 5.91 Å². The molecule has 4 amide bonds. The highest BCUT2D eigenvalue weighted by molar-refractivity contribution is 7.80. The van der Waals surface area contributed by atoms with Crippen LogP contribution < -0.4 is 16.6 Å². The minimum atomic E-state index is -5.08. The smallest absolute Gasteiger partial charge is 0.475 e. The van der Waals surface area contributed by atoms with E-state index in [0.717, 1.165) is 17.7 Å². The minimum Gasteiger partial charge on any atom is -0.475 e. The summed E-state index contributed by atoms with van der Waals surface area (Å²) in [6, 6.07) is -2.55. The molecule has 2 bridgehead atoms. The van der Waals surface area contributed by atoms with Gasteiger partial charge in [-0.1, -0.05) is 6.42 Å². The Bertz CT molecular complexity index is 900. The summed E-state index contributed by atoms with van der Waals surface area (Å²) >= 11 is 0. The molecular formula is C15H22F3N5O9S. The Labute approximate surface area is 185 Å². The van der Waals surface area contributed by atoms with Crippen LogP contribution in [0.2, 0.25) is 0 Å². The summed E-state index contributed by atoms with van der Waals surface area (Å²) in [5.41, 5.74) is 10.5. The number of hydrogen-bond acceptors (Lipinski definition) is 8. The maximum Gasteiger partial charge on any atom is 0.490 e. The van der Waals surface area contributed by atoms with Gasteiger partial charge in [-0.25, -0.2) is 9.59 Å². The third-order valence-electron chi connectivity index (χ3n) is 5.26. The number of alkyl halides is 3. The normalized spacial score (nSPS) is 27.0. The number of rotatable bonds is 4. The van der Waals surface area contributed by atoms with E-state index in [-0.39, 0.29) is 30.8 Å². The lowest BCUT2D eigenvalue weighted by molar-refractivity contribution is -0.192. The minimum absolute atomic E-state index is 0.0773. The molecule has 4 atom stereocenters. The van der Waals surface area contributed by atoms with Crippen LogP contribution in [-0.4, -0.2) is 82.7 Å². The van der Waals surface area contributed by atoms with Crippen molar-refractivity contribution in [3.8, 4) is 0 Å². The number of carboxylic acids is 1. The van der Waals surface area contributed by atoms with Crippen molar-refractivity contribution in [2.24, 2.45) is 11.7 Å². The molecule has 0 spiro atoms. The highest BCUT2D eigenvalue weighted by Gasteiger charge is 2.49. The van der Waals surface area contributed by atoms with Gasteiger partial charge in [0, 0.05) is 12.6 Å². The van der Waals surface area contributed by atoms with E-state index in [0.29, 0.717) is 17.9 Å². The van der Waals surface area contributed by atoms with Crippen molar-refractivity contribution in [1.29, 1.82) is 0 Å². The van der Waals surface area contributed by atoms with Crippen molar-refractivity contribution in [1.82, 2.24) is 20.8 Å². The maximum atomic E-state index is 12.3. The van der Waals surface area contributed by atoms with Crippen LogP contribution >= 0.6 is 0 Å². The molecule has 0 unspecified atom stereocenters. The van der Waals surface area contributed by atoms with Crippen LogP contribution in [0.25, 0.3) is 0 Å². The monoisotopic (exact) mass is 505 g/mol. The second-order valence-corrected chi connectivity index (χ2v) is 8.50. The largest absolute Gasteiger partial charge is 0.490 e. The molecule has 2 heterocycles. The molecule has 0 aromatic carbocycles. The molecule has 0 aromatic rings. The molecule has 0 aromatic heterocycles. The van der Waals surface area contributed by atoms with Crippen LogP contribution in [0.5, 0.6) is 0 Å². The van der Waals surface area contributed by atoms with Gasteiger partial charge in [0.05, 0.1) is 12.0 Å². The van der Waals surface area contributed by atoms with Gasteiger partial charge in [0.15, 0.2) is 0 Å². The van der Waals surface area contributed by atoms with Crippen molar-refractivity contribution >= 4 is 34.2 Å². The topological polar surface area (TPSA) is 209 Å². The molecule has 1 aliphatic carbocycles. The van der Waals surface area contributed by atoms with E-state index >= 15 is 0 Å². The maximum absolute atomic E-state index is 12.3. The summed E-state index contributed by atoms with van der Waals surface area (Å²) in [4.78, 5) is 46.7. The molecule has 6 N–H and O–H groups in total. The number of nitrogens with two attached hydrogens (primary N) is 1. The molecule has 2 aliphatic heterocycles. The predicted molar refractivity (Wildman–Crippen MR) is 98.7 cm³/mol. The van der Waals surface area contributed by atoms with E-state index in [1.807, 2.05) is 0 Å². The van der Waals surface area contributed by atoms with Gasteiger partial charge in [0.2, 0.25) is 5.91 Å². The van der Waals surface area contributed by atoms with Gasteiger partial charge < -0.3 is 15.7 Å². The Morgan fingerprint density at radius 1 is 1.09 bits per heavy atom. The summed E-state index contributed by atoms with van der Waals surface area (Å²) in [6.07, 6.45) is -2.27. The van der Waals surface area contributed by atoms with Gasteiger partial charge in [-0.2, -0.15) is 26.7 Å². The summed E-state index contributed by atoms with van der Waals surface area (Å²) in [5, 5.41) is 7.68.